The van der Waals surface area contributed by atoms with Gasteiger partial charge in [-0.15, -0.1) is 0 Å². The molecule has 0 aliphatic heterocycles. The Morgan fingerprint density at radius 3 is 1.81 bits per heavy atom. The van der Waals surface area contributed by atoms with Gasteiger partial charge in [0, 0.05) is 5.56 Å². The summed E-state index contributed by atoms with van der Waals surface area (Å²) in [5, 5.41) is -0.294. The minimum atomic E-state index is -5.18. The van der Waals surface area contributed by atoms with Crippen LogP contribution in [0.3, 0.4) is 0 Å². The summed E-state index contributed by atoms with van der Waals surface area (Å²) in [5.41, 5.74) is -4.64. The van der Waals surface area contributed by atoms with E-state index >= 15 is 0 Å². The third kappa shape index (κ3) is 4.92. The highest BCUT2D eigenvalue weighted by Crippen LogP contribution is 2.36. The van der Waals surface area contributed by atoms with Gasteiger partial charge < -0.3 is 0 Å². The van der Waals surface area contributed by atoms with Crippen molar-refractivity contribution in [2.75, 3.05) is 0 Å². The predicted octanol–water partition coefficient (Wildman–Crippen LogP) is 4.50. The zero-order chi connectivity index (χ0) is 20.6. The lowest BCUT2D eigenvalue weighted by Gasteiger charge is -2.14. The van der Waals surface area contributed by atoms with Crippen molar-refractivity contribution in [1.29, 1.82) is 0 Å². The fourth-order valence-electron chi connectivity index (χ4n) is 1.98. The molecule has 146 valence electrons. The van der Waals surface area contributed by atoms with E-state index in [-0.39, 0.29) is 23.2 Å². The zero-order valence-corrected chi connectivity index (χ0v) is 14.4. The van der Waals surface area contributed by atoms with Crippen LogP contribution in [0.15, 0.2) is 47.4 Å². The standard InChI is InChI=1S/C15H8ClF6NO3S/c16-11-3-1-2-4-12(11)27(25,26)23-13(24)8-5-9(14(17,18)19)7-10(6-8)15(20,21)22/h1-7H,(H,23,24). The highest BCUT2D eigenvalue weighted by Gasteiger charge is 2.37. The molecule has 4 nitrogen and oxygen atoms in total. The molecule has 1 N–H and O–H groups in total. The number of carbonyl (C=O) groups excluding carboxylic acids is 1. The predicted molar refractivity (Wildman–Crippen MR) is 82.6 cm³/mol. The molecular formula is C15H8ClF6NO3S. The van der Waals surface area contributed by atoms with E-state index in [1.807, 2.05) is 0 Å². The maximum atomic E-state index is 12.8. The number of benzene rings is 2. The Morgan fingerprint density at radius 2 is 1.37 bits per heavy atom. The second-order valence-corrected chi connectivity index (χ2v) is 7.22. The molecule has 12 heteroatoms. The molecule has 0 heterocycles. The molecule has 0 bridgehead atoms. The SMILES string of the molecule is O=C(NS(=O)(=O)c1ccccc1Cl)c1cc(C(F)(F)F)cc(C(F)(F)F)c1. The third-order valence-corrected chi connectivity index (χ3v) is 5.03. The molecule has 0 aromatic heterocycles. The van der Waals surface area contributed by atoms with Crippen molar-refractivity contribution >= 4 is 27.5 Å². The van der Waals surface area contributed by atoms with E-state index in [2.05, 4.69) is 0 Å². The Hall–Kier alpha value is -2.27. The number of sulfonamides is 1. The smallest absolute Gasteiger partial charge is 0.268 e. The molecule has 1 amide bonds. The van der Waals surface area contributed by atoms with Gasteiger partial charge >= 0.3 is 12.4 Å². The van der Waals surface area contributed by atoms with Crippen LogP contribution in [0.1, 0.15) is 21.5 Å². The molecule has 0 saturated heterocycles. The first kappa shape index (κ1) is 21.0. The fourth-order valence-corrected chi connectivity index (χ4v) is 3.48. The van der Waals surface area contributed by atoms with Crippen molar-refractivity contribution in [2.24, 2.45) is 0 Å². The Morgan fingerprint density at radius 1 is 0.889 bits per heavy atom. The molecule has 2 aromatic rings. The van der Waals surface area contributed by atoms with Gasteiger partial charge in [0.05, 0.1) is 16.1 Å². The molecule has 27 heavy (non-hydrogen) atoms. The number of rotatable bonds is 3. The van der Waals surface area contributed by atoms with Gasteiger partial charge in [0.25, 0.3) is 15.9 Å². The Balaban J connectivity index is 2.48. The van der Waals surface area contributed by atoms with Crippen LogP contribution in [0.2, 0.25) is 5.02 Å². The maximum Gasteiger partial charge on any atom is 0.416 e. The van der Waals surface area contributed by atoms with Gasteiger partial charge in [0.2, 0.25) is 0 Å². The highest BCUT2D eigenvalue weighted by molar-refractivity contribution is 7.90. The van der Waals surface area contributed by atoms with E-state index in [0.29, 0.717) is 0 Å². The van der Waals surface area contributed by atoms with Crippen molar-refractivity contribution in [3.05, 3.63) is 64.2 Å². The summed E-state index contributed by atoms with van der Waals surface area (Å²) < 4.78 is 103. The van der Waals surface area contributed by atoms with E-state index in [9.17, 15) is 39.6 Å². The monoisotopic (exact) mass is 431 g/mol. The van der Waals surface area contributed by atoms with Gasteiger partial charge in [-0.2, -0.15) is 26.3 Å². The average Bonchev–Trinajstić information content (AvgIpc) is 2.52. The second-order valence-electron chi connectivity index (χ2n) is 5.16. The summed E-state index contributed by atoms with van der Waals surface area (Å²) in [6.45, 7) is 0. The number of amides is 1. The first-order chi connectivity index (χ1) is 12.2. The van der Waals surface area contributed by atoms with Crippen LogP contribution in [-0.4, -0.2) is 14.3 Å². The summed E-state index contributed by atoms with van der Waals surface area (Å²) >= 11 is 5.68. The quantitative estimate of drug-likeness (QED) is 0.728. The van der Waals surface area contributed by atoms with E-state index in [1.54, 1.807) is 0 Å². The summed E-state index contributed by atoms with van der Waals surface area (Å²) in [7, 11) is -4.63. The number of hydrogen-bond donors (Lipinski definition) is 1. The lowest BCUT2D eigenvalue weighted by molar-refractivity contribution is -0.143. The van der Waals surface area contributed by atoms with Gasteiger partial charge in [-0.25, -0.2) is 13.1 Å². The molecule has 0 aliphatic rings. The summed E-state index contributed by atoms with van der Waals surface area (Å²) in [6, 6.07) is 4.87. The fraction of sp³-hybridized carbons (Fsp3) is 0.133. The third-order valence-electron chi connectivity index (χ3n) is 3.20. The lowest BCUT2D eigenvalue weighted by Crippen LogP contribution is -2.31. The van der Waals surface area contributed by atoms with Crippen LogP contribution in [-0.2, 0) is 22.4 Å². The topological polar surface area (TPSA) is 63.2 Å². The Labute approximate surface area is 153 Å². The normalized spacial score (nSPS) is 12.7. The van der Waals surface area contributed by atoms with Gasteiger partial charge in [-0.05, 0) is 30.3 Å². The van der Waals surface area contributed by atoms with Crippen LogP contribution in [0.25, 0.3) is 0 Å². The Kier molecular flexibility index (Phi) is 5.48. The highest BCUT2D eigenvalue weighted by atomic mass is 35.5. The number of hydrogen-bond acceptors (Lipinski definition) is 3. The van der Waals surface area contributed by atoms with Gasteiger partial charge in [-0.1, -0.05) is 23.7 Å². The van der Waals surface area contributed by atoms with Crippen LogP contribution in [0.4, 0.5) is 26.3 Å². The minimum absolute atomic E-state index is 0.118. The van der Waals surface area contributed by atoms with Crippen molar-refractivity contribution in [3.8, 4) is 0 Å². The van der Waals surface area contributed by atoms with E-state index in [0.717, 1.165) is 6.07 Å². The number of alkyl halides is 6. The first-order valence-corrected chi connectivity index (χ1v) is 8.69. The lowest BCUT2D eigenvalue weighted by atomic mass is 10.0. The molecule has 0 radical (unpaired) electrons. The second kappa shape index (κ2) is 7.04. The first-order valence-electron chi connectivity index (χ1n) is 6.83. The largest absolute Gasteiger partial charge is 0.416 e. The van der Waals surface area contributed by atoms with Gasteiger partial charge in [0.1, 0.15) is 4.90 Å². The molecule has 0 aliphatic carbocycles. The molecule has 0 fully saturated rings. The number of halogens is 7. The molecular weight excluding hydrogens is 424 g/mol. The molecule has 2 aromatic carbocycles. The van der Waals surface area contributed by atoms with Crippen LogP contribution >= 0.6 is 11.6 Å². The zero-order valence-electron chi connectivity index (χ0n) is 12.8. The number of nitrogens with one attached hydrogen (secondary N) is 1. The van der Waals surface area contributed by atoms with E-state index in [1.165, 1.54) is 22.9 Å². The van der Waals surface area contributed by atoms with Crippen LogP contribution < -0.4 is 4.72 Å². The summed E-state index contributed by atoms with van der Waals surface area (Å²) in [6.07, 6.45) is -10.4. The van der Waals surface area contributed by atoms with Crippen LogP contribution in [0.5, 0.6) is 0 Å². The van der Waals surface area contributed by atoms with Crippen molar-refractivity contribution < 1.29 is 39.6 Å². The molecule has 2 rings (SSSR count). The van der Waals surface area contributed by atoms with Crippen molar-refractivity contribution in [1.82, 2.24) is 4.72 Å². The minimum Gasteiger partial charge on any atom is -0.268 e. The molecule has 0 saturated carbocycles. The molecule has 0 spiro atoms. The summed E-state index contributed by atoms with van der Waals surface area (Å²) in [4.78, 5) is 11.5. The molecule has 0 unspecified atom stereocenters. The summed E-state index contributed by atoms with van der Waals surface area (Å²) in [5.74, 6) is -1.67. The van der Waals surface area contributed by atoms with Gasteiger partial charge in [-0.3, -0.25) is 4.79 Å². The van der Waals surface area contributed by atoms with E-state index < -0.39 is 49.9 Å². The van der Waals surface area contributed by atoms with Crippen molar-refractivity contribution in [3.63, 3.8) is 0 Å². The maximum absolute atomic E-state index is 12.8. The van der Waals surface area contributed by atoms with Crippen LogP contribution in [0, 0.1) is 0 Å². The van der Waals surface area contributed by atoms with Crippen molar-refractivity contribution in [2.45, 2.75) is 17.2 Å². The number of carbonyl (C=O) groups is 1. The van der Waals surface area contributed by atoms with Gasteiger partial charge in [0.15, 0.2) is 0 Å². The molecule has 0 atom stereocenters. The Bertz CT molecular complexity index is 954. The average molecular weight is 432 g/mol. The van der Waals surface area contributed by atoms with E-state index in [4.69, 9.17) is 11.6 Å².